The fraction of sp³-hybridized carbons (Fsp3) is 0.533. The fourth-order valence-corrected chi connectivity index (χ4v) is 3.65. The normalized spacial score (nSPS) is 14.6. The number of thiazole rings is 1. The number of carbonyl (C=O) groups excluding carboxylic acids is 1. The van der Waals surface area contributed by atoms with Crippen molar-refractivity contribution in [1.29, 1.82) is 0 Å². The number of hydrogen-bond donors (Lipinski definition) is 1. The van der Waals surface area contributed by atoms with E-state index in [2.05, 4.69) is 29.0 Å². The van der Waals surface area contributed by atoms with E-state index in [1.165, 1.54) is 11.3 Å². The largest absolute Gasteiger partial charge is 0.304 e. The second-order valence-electron chi connectivity index (χ2n) is 5.90. The average molecular weight is 304 g/mol. The molecule has 5 nitrogen and oxygen atoms in total. The molecule has 0 fully saturated rings. The molecule has 0 saturated carbocycles. The zero-order valence-corrected chi connectivity index (χ0v) is 13.5. The highest BCUT2D eigenvalue weighted by Gasteiger charge is 2.28. The fourth-order valence-electron chi connectivity index (χ4n) is 2.75. The highest BCUT2D eigenvalue weighted by atomic mass is 32.1. The lowest BCUT2D eigenvalue weighted by atomic mass is 10.1. The molecule has 0 bridgehead atoms. The van der Waals surface area contributed by atoms with Gasteiger partial charge in [0.05, 0.1) is 28.3 Å². The minimum atomic E-state index is 0.0681. The first-order valence-corrected chi connectivity index (χ1v) is 8.18. The maximum atomic E-state index is 12.9. The van der Waals surface area contributed by atoms with Gasteiger partial charge in [-0.3, -0.25) is 9.89 Å². The molecule has 2 aromatic rings. The maximum absolute atomic E-state index is 12.9. The zero-order valence-electron chi connectivity index (χ0n) is 12.6. The number of carbonyl (C=O) groups is 1. The second-order valence-corrected chi connectivity index (χ2v) is 7.10. The molecule has 2 aromatic heterocycles. The van der Waals surface area contributed by atoms with Crippen LogP contribution in [0.25, 0.3) is 0 Å². The van der Waals surface area contributed by atoms with Crippen LogP contribution in [0.2, 0.25) is 0 Å². The molecule has 1 amide bonds. The Labute approximate surface area is 128 Å². The average Bonchev–Trinajstić information content (AvgIpc) is 3.03. The zero-order chi connectivity index (χ0) is 15.0. The molecule has 3 heterocycles. The molecule has 0 radical (unpaired) electrons. The number of anilines is 1. The van der Waals surface area contributed by atoms with Crippen LogP contribution < -0.4 is 4.90 Å². The summed E-state index contributed by atoms with van der Waals surface area (Å²) in [5, 5.41) is 8.02. The molecular weight excluding hydrogens is 284 g/mol. The van der Waals surface area contributed by atoms with Gasteiger partial charge in [-0.15, -0.1) is 11.3 Å². The molecule has 1 N–H and O–H groups in total. The first-order valence-electron chi connectivity index (χ1n) is 7.36. The Hall–Kier alpha value is -1.69. The van der Waals surface area contributed by atoms with Gasteiger partial charge in [0.25, 0.3) is 5.91 Å². The first-order chi connectivity index (χ1) is 10.1. The third-order valence-electron chi connectivity index (χ3n) is 3.64. The number of aryl methyl sites for hydroxylation is 2. The summed E-state index contributed by atoms with van der Waals surface area (Å²) in [5.74, 6) is 0.558. The van der Waals surface area contributed by atoms with E-state index in [1.54, 1.807) is 6.20 Å². The minimum Gasteiger partial charge on any atom is -0.304 e. The number of amides is 1. The standard InChI is InChI=1S/C15H20N4OS/c1-9(2)7-12-14(21-10(3)17-12)15(20)19-6-4-5-11-13(19)8-16-18-11/h8-9H,4-7H2,1-3H3,(H,16,18). The summed E-state index contributed by atoms with van der Waals surface area (Å²) < 4.78 is 0. The van der Waals surface area contributed by atoms with E-state index >= 15 is 0 Å². The molecule has 0 aromatic carbocycles. The van der Waals surface area contributed by atoms with Crippen LogP contribution in [0.15, 0.2) is 6.20 Å². The Morgan fingerprint density at radius 1 is 1.52 bits per heavy atom. The third kappa shape index (κ3) is 2.72. The molecule has 0 unspecified atom stereocenters. The van der Waals surface area contributed by atoms with Crippen LogP contribution >= 0.6 is 11.3 Å². The molecule has 21 heavy (non-hydrogen) atoms. The van der Waals surface area contributed by atoms with Crippen LogP contribution in [0.4, 0.5) is 5.69 Å². The third-order valence-corrected chi connectivity index (χ3v) is 4.64. The lowest BCUT2D eigenvalue weighted by molar-refractivity contribution is 0.0987. The second kappa shape index (κ2) is 5.60. The molecule has 3 rings (SSSR count). The van der Waals surface area contributed by atoms with E-state index in [0.29, 0.717) is 5.92 Å². The molecule has 0 spiro atoms. The SMILES string of the molecule is Cc1nc(CC(C)C)c(C(=O)N2CCCc3[nH]ncc32)s1. The number of aromatic amines is 1. The molecule has 1 aliphatic rings. The Morgan fingerprint density at radius 2 is 2.33 bits per heavy atom. The number of aromatic nitrogens is 3. The van der Waals surface area contributed by atoms with E-state index in [0.717, 1.165) is 52.8 Å². The molecule has 0 atom stereocenters. The summed E-state index contributed by atoms with van der Waals surface area (Å²) in [5.41, 5.74) is 2.92. The van der Waals surface area contributed by atoms with Gasteiger partial charge in [-0.05, 0) is 32.1 Å². The van der Waals surface area contributed by atoms with Gasteiger partial charge in [0.15, 0.2) is 0 Å². The molecule has 0 aliphatic carbocycles. The summed E-state index contributed by atoms with van der Waals surface area (Å²) >= 11 is 1.50. The van der Waals surface area contributed by atoms with E-state index in [-0.39, 0.29) is 5.91 Å². The van der Waals surface area contributed by atoms with Crippen LogP contribution in [0.5, 0.6) is 0 Å². The van der Waals surface area contributed by atoms with Crippen molar-refractivity contribution in [3.63, 3.8) is 0 Å². The number of nitrogens with zero attached hydrogens (tertiary/aromatic N) is 3. The number of fused-ring (bicyclic) bond motifs is 1. The maximum Gasteiger partial charge on any atom is 0.270 e. The monoisotopic (exact) mass is 304 g/mol. The molecule has 1 aliphatic heterocycles. The number of H-pyrrole nitrogens is 1. The van der Waals surface area contributed by atoms with Gasteiger partial charge < -0.3 is 4.90 Å². The van der Waals surface area contributed by atoms with Crippen LogP contribution in [0.3, 0.4) is 0 Å². The van der Waals surface area contributed by atoms with Gasteiger partial charge in [-0.2, -0.15) is 5.10 Å². The van der Waals surface area contributed by atoms with Crippen molar-refractivity contribution in [2.75, 3.05) is 11.4 Å². The molecular formula is C15H20N4OS. The Morgan fingerprint density at radius 3 is 3.10 bits per heavy atom. The highest BCUT2D eigenvalue weighted by molar-refractivity contribution is 7.13. The smallest absolute Gasteiger partial charge is 0.270 e. The topological polar surface area (TPSA) is 61.9 Å². The van der Waals surface area contributed by atoms with E-state index in [9.17, 15) is 4.79 Å². The number of rotatable bonds is 3. The summed E-state index contributed by atoms with van der Waals surface area (Å²) in [7, 11) is 0. The van der Waals surface area contributed by atoms with Gasteiger partial charge >= 0.3 is 0 Å². The van der Waals surface area contributed by atoms with E-state index in [4.69, 9.17) is 0 Å². The van der Waals surface area contributed by atoms with Crippen LogP contribution in [0, 0.1) is 12.8 Å². The van der Waals surface area contributed by atoms with Crippen molar-refractivity contribution in [2.24, 2.45) is 5.92 Å². The van der Waals surface area contributed by atoms with Gasteiger partial charge in [0.2, 0.25) is 0 Å². The Balaban J connectivity index is 1.93. The molecule has 6 heteroatoms. The summed E-state index contributed by atoms with van der Waals surface area (Å²) in [6.07, 6.45) is 4.53. The molecule has 112 valence electrons. The van der Waals surface area contributed by atoms with Gasteiger partial charge in [0, 0.05) is 6.54 Å². The van der Waals surface area contributed by atoms with E-state index < -0.39 is 0 Å². The predicted molar refractivity (Wildman–Crippen MR) is 84.0 cm³/mol. The lowest BCUT2D eigenvalue weighted by Crippen LogP contribution is -2.35. The van der Waals surface area contributed by atoms with Crippen molar-refractivity contribution >= 4 is 22.9 Å². The van der Waals surface area contributed by atoms with Gasteiger partial charge in [-0.25, -0.2) is 4.98 Å². The van der Waals surface area contributed by atoms with Crippen molar-refractivity contribution < 1.29 is 4.79 Å². The van der Waals surface area contributed by atoms with Crippen LogP contribution in [0.1, 0.15) is 46.3 Å². The minimum absolute atomic E-state index is 0.0681. The van der Waals surface area contributed by atoms with Crippen molar-refractivity contribution in [2.45, 2.75) is 40.0 Å². The Kier molecular flexibility index (Phi) is 3.80. The Bertz CT molecular complexity index is 658. The van der Waals surface area contributed by atoms with E-state index in [1.807, 2.05) is 11.8 Å². The summed E-state index contributed by atoms with van der Waals surface area (Å²) in [6, 6.07) is 0. The van der Waals surface area contributed by atoms with Crippen molar-refractivity contribution in [3.8, 4) is 0 Å². The lowest BCUT2D eigenvalue weighted by Gasteiger charge is -2.26. The summed E-state index contributed by atoms with van der Waals surface area (Å²) in [4.78, 5) is 20.1. The van der Waals surface area contributed by atoms with Crippen LogP contribution in [-0.4, -0.2) is 27.6 Å². The van der Waals surface area contributed by atoms with Crippen molar-refractivity contribution in [1.82, 2.24) is 15.2 Å². The van der Waals surface area contributed by atoms with Gasteiger partial charge in [0.1, 0.15) is 4.88 Å². The predicted octanol–water partition coefficient (Wildman–Crippen LogP) is 2.97. The highest BCUT2D eigenvalue weighted by Crippen LogP contribution is 2.29. The quantitative estimate of drug-likeness (QED) is 0.948. The van der Waals surface area contributed by atoms with Crippen molar-refractivity contribution in [3.05, 3.63) is 27.5 Å². The van der Waals surface area contributed by atoms with Gasteiger partial charge in [-0.1, -0.05) is 13.8 Å². The van der Waals surface area contributed by atoms with Crippen LogP contribution in [-0.2, 0) is 12.8 Å². The number of nitrogens with one attached hydrogen (secondary N) is 1. The first kappa shape index (κ1) is 14.3. The summed E-state index contributed by atoms with van der Waals surface area (Å²) in [6.45, 7) is 7.02. The number of hydrogen-bond acceptors (Lipinski definition) is 4. The molecule has 0 saturated heterocycles.